The summed E-state index contributed by atoms with van der Waals surface area (Å²) in [6.45, 7) is 9.01. The van der Waals surface area contributed by atoms with Crippen LogP contribution in [0.3, 0.4) is 0 Å². The van der Waals surface area contributed by atoms with Gasteiger partial charge in [0.15, 0.2) is 0 Å². The number of benzene rings is 1. The number of halogens is 1. The zero-order valence-electron chi connectivity index (χ0n) is 11.3. The number of piperazine rings is 1. The molecule has 1 saturated heterocycles. The number of hydrogen-bond acceptors (Lipinski definition) is 2. The SMILES string of the molecule is CI.Cc1ccc(N2CCN(C)CC2)cc1C. The second-order valence-corrected chi connectivity index (χ2v) is 4.56. The summed E-state index contributed by atoms with van der Waals surface area (Å²) in [4.78, 5) is 6.84. The molecule has 17 heavy (non-hydrogen) atoms. The van der Waals surface area contributed by atoms with Crippen LogP contribution in [0.2, 0.25) is 0 Å². The zero-order chi connectivity index (χ0) is 12.8. The van der Waals surface area contributed by atoms with Crippen molar-refractivity contribution >= 4 is 28.3 Å². The van der Waals surface area contributed by atoms with Gasteiger partial charge < -0.3 is 9.80 Å². The summed E-state index contributed by atoms with van der Waals surface area (Å²) in [5.74, 6) is 0. The van der Waals surface area contributed by atoms with Gasteiger partial charge in [0.05, 0.1) is 0 Å². The fraction of sp³-hybridized carbons (Fsp3) is 0.571. The van der Waals surface area contributed by atoms with Crippen molar-refractivity contribution in [3.8, 4) is 0 Å². The van der Waals surface area contributed by atoms with Crippen LogP contribution in [0.5, 0.6) is 0 Å². The number of rotatable bonds is 1. The number of hydrogen-bond donors (Lipinski definition) is 0. The average molecular weight is 346 g/mol. The van der Waals surface area contributed by atoms with Crippen molar-refractivity contribution in [1.82, 2.24) is 4.90 Å². The minimum absolute atomic E-state index is 1.15. The number of alkyl halides is 1. The molecule has 0 aromatic heterocycles. The Morgan fingerprint density at radius 3 is 2.06 bits per heavy atom. The Bertz CT molecular complexity index is 344. The lowest BCUT2D eigenvalue weighted by atomic mass is 10.1. The molecular weight excluding hydrogens is 323 g/mol. The highest BCUT2D eigenvalue weighted by atomic mass is 127. The van der Waals surface area contributed by atoms with Crippen LogP contribution in [0, 0.1) is 13.8 Å². The molecular formula is C14H23IN2. The Balaban J connectivity index is 0.000000686. The van der Waals surface area contributed by atoms with Gasteiger partial charge >= 0.3 is 0 Å². The van der Waals surface area contributed by atoms with E-state index < -0.39 is 0 Å². The van der Waals surface area contributed by atoms with Gasteiger partial charge in [0.1, 0.15) is 0 Å². The number of aryl methyl sites for hydroxylation is 2. The lowest BCUT2D eigenvalue weighted by molar-refractivity contribution is 0.313. The van der Waals surface area contributed by atoms with E-state index in [0.717, 1.165) is 13.1 Å². The molecule has 96 valence electrons. The van der Waals surface area contributed by atoms with E-state index in [0.29, 0.717) is 0 Å². The van der Waals surface area contributed by atoms with Crippen LogP contribution in [0.4, 0.5) is 5.69 Å². The number of nitrogens with zero attached hydrogens (tertiary/aromatic N) is 2. The highest BCUT2D eigenvalue weighted by Gasteiger charge is 2.14. The highest BCUT2D eigenvalue weighted by Crippen LogP contribution is 2.19. The first-order valence-electron chi connectivity index (χ1n) is 6.05. The van der Waals surface area contributed by atoms with E-state index in [1.165, 1.54) is 29.9 Å². The van der Waals surface area contributed by atoms with E-state index in [9.17, 15) is 0 Å². The topological polar surface area (TPSA) is 6.48 Å². The van der Waals surface area contributed by atoms with Gasteiger partial charge in [0, 0.05) is 31.9 Å². The summed E-state index contributed by atoms with van der Waals surface area (Å²) in [7, 11) is 2.19. The van der Waals surface area contributed by atoms with E-state index in [2.05, 4.69) is 71.5 Å². The standard InChI is InChI=1S/C13H20N2.CH3I/c1-11-4-5-13(10-12(11)2)15-8-6-14(3)7-9-15;1-2/h4-5,10H,6-9H2,1-3H3;1H3. The van der Waals surface area contributed by atoms with E-state index in [1.807, 2.05) is 4.93 Å². The summed E-state index contributed by atoms with van der Waals surface area (Å²) < 4.78 is 0. The molecule has 0 saturated carbocycles. The molecule has 2 nitrogen and oxygen atoms in total. The van der Waals surface area contributed by atoms with Crippen molar-refractivity contribution in [1.29, 1.82) is 0 Å². The van der Waals surface area contributed by atoms with Gasteiger partial charge in [0.25, 0.3) is 0 Å². The fourth-order valence-corrected chi connectivity index (χ4v) is 1.99. The molecule has 0 atom stereocenters. The highest BCUT2D eigenvalue weighted by molar-refractivity contribution is 14.1. The lowest BCUT2D eigenvalue weighted by Gasteiger charge is -2.34. The first-order valence-corrected chi connectivity index (χ1v) is 8.21. The monoisotopic (exact) mass is 346 g/mol. The lowest BCUT2D eigenvalue weighted by Crippen LogP contribution is -2.44. The molecule has 0 bridgehead atoms. The quantitative estimate of drug-likeness (QED) is 0.570. The molecule has 1 heterocycles. The Morgan fingerprint density at radius 2 is 1.53 bits per heavy atom. The van der Waals surface area contributed by atoms with Crippen molar-refractivity contribution in [2.24, 2.45) is 0 Å². The van der Waals surface area contributed by atoms with Crippen LogP contribution >= 0.6 is 22.6 Å². The minimum Gasteiger partial charge on any atom is -0.369 e. The van der Waals surface area contributed by atoms with Crippen molar-refractivity contribution < 1.29 is 0 Å². The first-order chi connectivity index (χ1) is 8.16. The summed E-state index contributed by atoms with van der Waals surface area (Å²) >= 11 is 2.15. The van der Waals surface area contributed by atoms with Crippen LogP contribution in [-0.4, -0.2) is 43.1 Å². The van der Waals surface area contributed by atoms with Gasteiger partial charge in [-0.1, -0.05) is 28.7 Å². The maximum absolute atomic E-state index is 2.48. The molecule has 0 radical (unpaired) electrons. The van der Waals surface area contributed by atoms with Crippen molar-refractivity contribution in [3.63, 3.8) is 0 Å². The molecule has 0 N–H and O–H groups in total. The first kappa shape index (κ1) is 14.8. The summed E-state index contributed by atoms with van der Waals surface area (Å²) in [6.07, 6.45) is 0. The van der Waals surface area contributed by atoms with Crippen molar-refractivity contribution in [3.05, 3.63) is 29.3 Å². The molecule has 1 fully saturated rings. The maximum Gasteiger partial charge on any atom is 0.0369 e. The van der Waals surface area contributed by atoms with Crippen molar-refractivity contribution in [2.75, 3.05) is 43.1 Å². The van der Waals surface area contributed by atoms with Gasteiger partial charge in [-0.3, -0.25) is 0 Å². The summed E-state index contributed by atoms with van der Waals surface area (Å²) in [5.41, 5.74) is 4.16. The van der Waals surface area contributed by atoms with Gasteiger partial charge in [-0.25, -0.2) is 0 Å². The number of likely N-dealkylation sites (N-methyl/N-ethyl adjacent to an activating group) is 1. The Labute approximate surface area is 119 Å². The molecule has 0 amide bonds. The molecule has 1 aromatic carbocycles. The molecule has 1 aliphatic rings. The van der Waals surface area contributed by atoms with Gasteiger partial charge in [-0.05, 0) is 49.1 Å². The molecule has 0 aliphatic carbocycles. The molecule has 0 spiro atoms. The smallest absolute Gasteiger partial charge is 0.0369 e. The summed E-state index contributed by atoms with van der Waals surface area (Å²) in [5, 5.41) is 0. The third kappa shape index (κ3) is 4.14. The van der Waals surface area contributed by atoms with Crippen LogP contribution < -0.4 is 4.90 Å². The van der Waals surface area contributed by atoms with Crippen LogP contribution in [0.25, 0.3) is 0 Å². The molecule has 3 heteroatoms. The van der Waals surface area contributed by atoms with Gasteiger partial charge in [-0.2, -0.15) is 0 Å². The molecule has 1 aromatic rings. The Morgan fingerprint density at radius 1 is 0.941 bits per heavy atom. The fourth-order valence-electron chi connectivity index (χ4n) is 1.99. The van der Waals surface area contributed by atoms with E-state index >= 15 is 0 Å². The van der Waals surface area contributed by atoms with Crippen LogP contribution in [0.15, 0.2) is 18.2 Å². The summed E-state index contributed by atoms with van der Waals surface area (Å²) in [6, 6.07) is 6.78. The average Bonchev–Trinajstić information content (AvgIpc) is 2.36. The molecule has 0 unspecified atom stereocenters. The van der Waals surface area contributed by atoms with Gasteiger partial charge in [-0.15, -0.1) is 0 Å². The predicted octanol–water partition coefficient (Wildman–Crippen LogP) is 3.11. The Kier molecular flexibility index (Phi) is 6.27. The zero-order valence-corrected chi connectivity index (χ0v) is 13.5. The van der Waals surface area contributed by atoms with Crippen molar-refractivity contribution in [2.45, 2.75) is 13.8 Å². The third-order valence-corrected chi connectivity index (χ3v) is 3.36. The van der Waals surface area contributed by atoms with Gasteiger partial charge in [0.2, 0.25) is 0 Å². The largest absolute Gasteiger partial charge is 0.369 e. The predicted molar refractivity (Wildman–Crippen MR) is 85.6 cm³/mol. The molecule has 1 aliphatic heterocycles. The second-order valence-electron chi connectivity index (χ2n) is 4.56. The van der Waals surface area contributed by atoms with E-state index in [-0.39, 0.29) is 0 Å². The molecule has 2 rings (SSSR count). The second kappa shape index (κ2) is 7.21. The van der Waals surface area contributed by atoms with E-state index in [1.54, 1.807) is 0 Å². The normalized spacial score (nSPS) is 16.4. The van der Waals surface area contributed by atoms with Crippen LogP contribution in [0.1, 0.15) is 11.1 Å². The van der Waals surface area contributed by atoms with E-state index in [4.69, 9.17) is 0 Å². The van der Waals surface area contributed by atoms with Crippen LogP contribution in [-0.2, 0) is 0 Å². The maximum atomic E-state index is 2.48. The number of anilines is 1. The minimum atomic E-state index is 1.15. The third-order valence-electron chi connectivity index (χ3n) is 3.36. The Hall–Kier alpha value is -0.290.